The number of carbonyl (C=O) groups is 2. The van der Waals surface area contributed by atoms with Crippen LogP contribution in [0.2, 0.25) is 0 Å². The number of benzene rings is 2. The van der Waals surface area contributed by atoms with Crippen molar-refractivity contribution in [2.75, 3.05) is 44.1 Å². The molecule has 2 atom stereocenters. The predicted molar refractivity (Wildman–Crippen MR) is 177 cm³/mol. The molecule has 2 aromatic carbocycles. The number of rotatable bonds is 11. The van der Waals surface area contributed by atoms with Gasteiger partial charge in [-0.1, -0.05) is 45.0 Å². The minimum Gasteiger partial charge on any atom is -0.493 e. The van der Waals surface area contributed by atoms with E-state index in [1.54, 1.807) is 42.4 Å². The van der Waals surface area contributed by atoms with Crippen molar-refractivity contribution in [3.05, 3.63) is 84.6 Å². The molecule has 3 heterocycles. The van der Waals surface area contributed by atoms with E-state index < -0.39 is 0 Å². The van der Waals surface area contributed by atoms with Gasteiger partial charge in [-0.2, -0.15) is 4.98 Å². The molecule has 12 nitrogen and oxygen atoms in total. The molecule has 0 saturated carbocycles. The van der Waals surface area contributed by atoms with Gasteiger partial charge < -0.3 is 29.9 Å². The molecular formula is C34H42N8O4. The van der Waals surface area contributed by atoms with E-state index in [-0.39, 0.29) is 36.4 Å². The van der Waals surface area contributed by atoms with E-state index in [4.69, 9.17) is 19.4 Å². The minimum absolute atomic E-state index is 0.130. The molecule has 4 aromatic rings. The number of ether oxygens (including phenoxy) is 2. The van der Waals surface area contributed by atoms with Crippen LogP contribution in [0.15, 0.2) is 73.3 Å². The Balaban J connectivity index is 1.41. The van der Waals surface area contributed by atoms with Gasteiger partial charge in [0.15, 0.2) is 11.5 Å². The van der Waals surface area contributed by atoms with Crippen LogP contribution in [-0.2, 0) is 4.79 Å². The van der Waals surface area contributed by atoms with Crippen LogP contribution in [-0.4, -0.2) is 76.3 Å². The first kappa shape index (κ1) is 32.3. The fraction of sp³-hybridized carbons (Fsp3) is 0.382. The monoisotopic (exact) mass is 626 g/mol. The Morgan fingerprint density at radius 1 is 1.00 bits per heavy atom. The molecule has 3 amide bonds. The van der Waals surface area contributed by atoms with Gasteiger partial charge in [0.2, 0.25) is 11.9 Å². The second-order valence-electron chi connectivity index (χ2n) is 11.5. The Hall–Kier alpha value is -5.13. The molecule has 0 aliphatic carbocycles. The van der Waals surface area contributed by atoms with E-state index in [2.05, 4.69) is 34.4 Å². The molecule has 1 aliphatic rings. The number of urea groups is 1. The Kier molecular flexibility index (Phi) is 10.4. The smallest absolute Gasteiger partial charge is 0.321 e. The topological polar surface area (TPSA) is 127 Å². The molecule has 1 aliphatic heterocycles. The summed E-state index contributed by atoms with van der Waals surface area (Å²) in [6, 6.07) is 16.2. The first-order valence-electron chi connectivity index (χ1n) is 15.6. The number of carbonyl (C=O) groups excluding carboxylic acids is 2. The van der Waals surface area contributed by atoms with Crippen LogP contribution in [0.4, 0.5) is 16.3 Å². The summed E-state index contributed by atoms with van der Waals surface area (Å²) in [5.41, 5.74) is 2.51. The summed E-state index contributed by atoms with van der Waals surface area (Å²) in [5, 5.41) is 6.20. The highest BCUT2D eigenvalue weighted by Crippen LogP contribution is 2.31. The van der Waals surface area contributed by atoms with Gasteiger partial charge in [-0.05, 0) is 42.2 Å². The van der Waals surface area contributed by atoms with Crippen LogP contribution in [0.1, 0.15) is 56.8 Å². The first-order chi connectivity index (χ1) is 22.3. The maximum absolute atomic E-state index is 13.7. The third kappa shape index (κ3) is 7.56. The van der Waals surface area contributed by atoms with Crippen LogP contribution in [0.25, 0.3) is 5.95 Å². The molecule has 1 saturated heterocycles. The van der Waals surface area contributed by atoms with Crippen molar-refractivity contribution in [3.8, 4) is 17.4 Å². The number of nitrogens with zero attached hydrogens (tertiary/aromatic N) is 6. The van der Waals surface area contributed by atoms with Gasteiger partial charge in [-0.15, -0.1) is 0 Å². The Bertz CT molecular complexity index is 1610. The molecule has 2 unspecified atom stereocenters. The van der Waals surface area contributed by atoms with Crippen molar-refractivity contribution in [3.63, 3.8) is 0 Å². The molecule has 2 N–H and O–H groups in total. The van der Waals surface area contributed by atoms with E-state index in [9.17, 15) is 9.59 Å². The van der Waals surface area contributed by atoms with E-state index in [1.807, 2.05) is 61.5 Å². The number of hydrogen-bond donors (Lipinski definition) is 2. The van der Waals surface area contributed by atoms with Crippen molar-refractivity contribution in [2.24, 2.45) is 0 Å². The summed E-state index contributed by atoms with van der Waals surface area (Å²) in [5.74, 6) is 2.45. The largest absolute Gasteiger partial charge is 0.493 e. The minimum atomic E-state index is -0.344. The molecule has 0 spiro atoms. The number of amides is 3. The summed E-state index contributed by atoms with van der Waals surface area (Å²) < 4.78 is 12.7. The zero-order valence-corrected chi connectivity index (χ0v) is 27.0. The Morgan fingerprint density at radius 2 is 1.78 bits per heavy atom. The van der Waals surface area contributed by atoms with E-state index in [0.29, 0.717) is 55.0 Å². The first-order valence-corrected chi connectivity index (χ1v) is 15.6. The number of nitrogens with one attached hydrogen (secondary N) is 2. The van der Waals surface area contributed by atoms with Crippen molar-refractivity contribution in [1.29, 1.82) is 0 Å². The molecule has 242 valence electrons. The Morgan fingerprint density at radius 3 is 2.46 bits per heavy atom. The molecule has 0 bridgehead atoms. The third-order valence-electron chi connectivity index (χ3n) is 8.11. The lowest BCUT2D eigenvalue weighted by atomic mass is 10.0. The second kappa shape index (κ2) is 14.8. The molecule has 5 rings (SSSR count). The van der Waals surface area contributed by atoms with Crippen LogP contribution in [0.5, 0.6) is 11.5 Å². The summed E-state index contributed by atoms with van der Waals surface area (Å²) in [6.07, 6.45) is 5.99. The van der Waals surface area contributed by atoms with E-state index >= 15 is 0 Å². The normalized spacial score (nSPS) is 15.4. The number of aromatic nitrogens is 4. The van der Waals surface area contributed by atoms with Crippen molar-refractivity contribution >= 4 is 23.4 Å². The van der Waals surface area contributed by atoms with E-state index in [0.717, 1.165) is 11.3 Å². The van der Waals surface area contributed by atoms with Crippen LogP contribution in [0.3, 0.4) is 0 Å². The van der Waals surface area contributed by atoms with Gasteiger partial charge in [0, 0.05) is 50.2 Å². The van der Waals surface area contributed by atoms with Crippen LogP contribution < -0.4 is 25.0 Å². The van der Waals surface area contributed by atoms with Gasteiger partial charge >= 0.3 is 6.03 Å². The summed E-state index contributed by atoms with van der Waals surface area (Å²) >= 11 is 0. The highest BCUT2D eigenvalue weighted by atomic mass is 16.5. The number of piperazine rings is 1. The molecular weight excluding hydrogens is 584 g/mol. The third-order valence-corrected chi connectivity index (χ3v) is 8.11. The van der Waals surface area contributed by atoms with Crippen molar-refractivity contribution < 1.29 is 19.1 Å². The summed E-state index contributed by atoms with van der Waals surface area (Å²) in [7, 11) is 3.19. The summed E-state index contributed by atoms with van der Waals surface area (Å²) in [6.45, 7) is 7.47. The number of imidazole rings is 1. The number of para-hydroxylation sites is 1. The highest BCUT2D eigenvalue weighted by Gasteiger charge is 2.33. The van der Waals surface area contributed by atoms with Crippen molar-refractivity contribution in [2.45, 2.75) is 51.6 Å². The lowest BCUT2D eigenvalue weighted by Crippen LogP contribution is -2.57. The van der Waals surface area contributed by atoms with Crippen LogP contribution >= 0.6 is 0 Å². The molecule has 2 aromatic heterocycles. The number of anilines is 2. The standard InChI is InChI=1S/C34H42N8O4/c1-6-27(24-12-13-29(45-4)30(18-24)46-5)37-32(43)19-26-21-40(34(44)36-25-10-8-7-9-11-25)16-17-42(26)31-20-28(23(2)3)38-33(39-31)41-15-14-35-22-41/h7-15,18,20,22-23,26-27H,6,16-17,19,21H2,1-5H3,(H,36,44)(H,37,43). The fourth-order valence-electron chi connectivity index (χ4n) is 5.57. The maximum atomic E-state index is 13.7. The van der Waals surface area contributed by atoms with Crippen molar-refractivity contribution in [1.82, 2.24) is 29.7 Å². The number of methoxy groups -OCH3 is 2. The van der Waals surface area contributed by atoms with Gasteiger partial charge in [0.1, 0.15) is 12.1 Å². The quantitative estimate of drug-likeness (QED) is 0.233. The second-order valence-corrected chi connectivity index (χ2v) is 11.5. The SMILES string of the molecule is CCC(NC(=O)CC1CN(C(=O)Nc2ccccc2)CCN1c1cc(C(C)C)nc(-n2ccnc2)n1)c1ccc(OC)c(OC)c1. The average molecular weight is 627 g/mol. The van der Waals surface area contributed by atoms with Gasteiger partial charge in [-0.25, -0.2) is 14.8 Å². The maximum Gasteiger partial charge on any atom is 0.321 e. The molecule has 12 heteroatoms. The molecule has 1 fully saturated rings. The molecule has 0 radical (unpaired) electrons. The Labute approximate surface area is 269 Å². The van der Waals surface area contributed by atoms with Gasteiger partial charge in [-0.3, -0.25) is 9.36 Å². The highest BCUT2D eigenvalue weighted by molar-refractivity contribution is 5.89. The van der Waals surface area contributed by atoms with Gasteiger partial charge in [0.25, 0.3) is 0 Å². The van der Waals surface area contributed by atoms with Gasteiger partial charge in [0.05, 0.1) is 32.0 Å². The predicted octanol–water partition coefficient (Wildman–Crippen LogP) is 5.18. The lowest BCUT2D eigenvalue weighted by molar-refractivity contribution is -0.122. The summed E-state index contributed by atoms with van der Waals surface area (Å²) in [4.78, 5) is 44.8. The zero-order valence-electron chi connectivity index (χ0n) is 27.0. The fourth-order valence-corrected chi connectivity index (χ4v) is 5.57. The average Bonchev–Trinajstić information content (AvgIpc) is 3.62. The number of hydrogen-bond acceptors (Lipinski definition) is 8. The van der Waals surface area contributed by atoms with Crippen LogP contribution in [0, 0.1) is 0 Å². The van der Waals surface area contributed by atoms with E-state index in [1.165, 1.54) is 0 Å². The lowest BCUT2D eigenvalue weighted by Gasteiger charge is -2.42. The zero-order chi connectivity index (χ0) is 32.6. The molecule has 46 heavy (non-hydrogen) atoms.